The molecule has 2 aromatic heterocycles. The van der Waals surface area contributed by atoms with E-state index in [1.807, 2.05) is 0 Å². The first-order valence-corrected chi connectivity index (χ1v) is 8.37. The maximum Gasteiger partial charge on any atom is 0.320 e. The Morgan fingerprint density at radius 3 is 2.68 bits per heavy atom. The summed E-state index contributed by atoms with van der Waals surface area (Å²) in [6, 6.07) is 0.158. The lowest BCUT2D eigenvalue weighted by Crippen LogP contribution is -2.33. The van der Waals surface area contributed by atoms with Gasteiger partial charge in [-0.3, -0.25) is 4.57 Å². The molecular weight excluding hydrogens is 330 g/mol. The standard InChI is InChI=1S/C15H21N5O5/c16-12-9-13(19-15(18-12)24-7-3-1-2-4-7)20(6-17-9)14-11(23)10(22)8(5-21)25-14/h6-8,10-11,14,21-23H,1-5H2,(H2,16,18,19)/t8-,10-,11-,14-/m0/s1. The number of imidazole rings is 1. The minimum atomic E-state index is -1.23. The summed E-state index contributed by atoms with van der Waals surface area (Å²) in [6.07, 6.45) is 1.36. The average Bonchev–Trinajstić information content (AvgIpc) is 3.30. The van der Waals surface area contributed by atoms with Gasteiger partial charge in [0, 0.05) is 0 Å². The topological polar surface area (TPSA) is 149 Å². The summed E-state index contributed by atoms with van der Waals surface area (Å²) in [5.41, 5.74) is 6.66. The summed E-state index contributed by atoms with van der Waals surface area (Å²) < 4.78 is 12.8. The van der Waals surface area contributed by atoms with Gasteiger partial charge in [0.2, 0.25) is 0 Å². The largest absolute Gasteiger partial charge is 0.460 e. The van der Waals surface area contributed by atoms with Gasteiger partial charge in [-0.15, -0.1) is 0 Å². The van der Waals surface area contributed by atoms with Crippen molar-refractivity contribution in [2.75, 3.05) is 12.3 Å². The Bertz CT molecular complexity index is 762. The molecule has 1 aliphatic carbocycles. The second-order valence-electron chi connectivity index (χ2n) is 6.47. The molecule has 25 heavy (non-hydrogen) atoms. The van der Waals surface area contributed by atoms with E-state index in [9.17, 15) is 15.3 Å². The number of rotatable bonds is 4. The lowest BCUT2D eigenvalue weighted by Gasteiger charge is -2.17. The zero-order chi connectivity index (χ0) is 17.6. The second-order valence-corrected chi connectivity index (χ2v) is 6.47. The van der Waals surface area contributed by atoms with Crippen LogP contribution in [0.25, 0.3) is 11.2 Å². The summed E-state index contributed by atoms with van der Waals surface area (Å²) in [5, 5.41) is 29.4. The number of anilines is 1. The number of fused-ring (bicyclic) bond motifs is 1. The van der Waals surface area contributed by atoms with Crippen molar-refractivity contribution in [3.05, 3.63) is 6.33 Å². The summed E-state index contributed by atoms with van der Waals surface area (Å²) in [6.45, 7) is -0.408. The van der Waals surface area contributed by atoms with Crippen LogP contribution in [0, 0.1) is 0 Å². The highest BCUT2D eigenvalue weighted by Gasteiger charge is 2.44. The van der Waals surface area contributed by atoms with E-state index in [1.165, 1.54) is 10.9 Å². The summed E-state index contributed by atoms with van der Waals surface area (Å²) in [5.74, 6) is 0.170. The quantitative estimate of drug-likeness (QED) is 0.563. The average molecular weight is 351 g/mol. The summed E-state index contributed by atoms with van der Waals surface area (Å²) in [4.78, 5) is 12.7. The summed E-state index contributed by atoms with van der Waals surface area (Å²) >= 11 is 0. The van der Waals surface area contributed by atoms with Crippen LogP contribution in [-0.4, -0.2) is 65.9 Å². The molecule has 5 N–H and O–H groups in total. The van der Waals surface area contributed by atoms with Crippen molar-refractivity contribution in [1.29, 1.82) is 0 Å². The first kappa shape index (κ1) is 16.5. The summed E-state index contributed by atoms with van der Waals surface area (Å²) in [7, 11) is 0. The van der Waals surface area contributed by atoms with E-state index in [4.69, 9.17) is 15.2 Å². The fourth-order valence-electron chi connectivity index (χ4n) is 3.42. The van der Waals surface area contributed by atoms with Crippen LogP contribution in [0.15, 0.2) is 6.33 Å². The number of ether oxygens (including phenoxy) is 2. The van der Waals surface area contributed by atoms with Gasteiger partial charge in [-0.1, -0.05) is 0 Å². The number of hydrogen-bond donors (Lipinski definition) is 4. The molecular formula is C15H21N5O5. The van der Waals surface area contributed by atoms with Crippen LogP contribution in [0.1, 0.15) is 31.9 Å². The lowest BCUT2D eigenvalue weighted by atomic mass is 10.1. The molecule has 1 saturated heterocycles. The number of nitrogen functional groups attached to an aromatic ring is 1. The Kier molecular flexibility index (Phi) is 4.20. The fourth-order valence-corrected chi connectivity index (χ4v) is 3.42. The van der Waals surface area contributed by atoms with Crippen LogP contribution in [-0.2, 0) is 4.74 Å². The minimum Gasteiger partial charge on any atom is -0.460 e. The normalized spacial score (nSPS) is 30.4. The Hall–Kier alpha value is -2.01. The maximum absolute atomic E-state index is 10.2. The smallest absolute Gasteiger partial charge is 0.320 e. The molecule has 3 heterocycles. The second kappa shape index (κ2) is 6.37. The molecule has 1 saturated carbocycles. The van der Waals surface area contributed by atoms with Crippen molar-refractivity contribution in [2.45, 2.75) is 56.3 Å². The molecule has 2 fully saturated rings. The van der Waals surface area contributed by atoms with Gasteiger partial charge in [0.1, 0.15) is 24.4 Å². The number of aliphatic hydroxyl groups is 3. The molecule has 0 aromatic carbocycles. The predicted octanol–water partition coefficient (Wildman–Crippen LogP) is -0.659. The van der Waals surface area contributed by atoms with Gasteiger partial charge in [-0.05, 0) is 25.7 Å². The monoisotopic (exact) mass is 351 g/mol. The van der Waals surface area contributed by atoms with Gasteiger partial charge in [-0.25, -0.2) is 4.98 Å². The van der Waals surface area contributed by atoms with E-state index in [1.54, 1.807) is 0 Å². The van der Waals surface area contributed by atoms with E-state index in [-0.39, 0.29) is 17.9 Å². The van der Waals surface area contributed by atoms with E-state index < -0.39 is 31.1 Å². The molecule has 1 aliphatic heterocycles. The molecule has 0 radical (unpaired) electrons. The van der Waals surface area contributed by atoms with Gasteiger partial charge >= 0.3 is 6.01 Å². The zero-order valence-electron chi connectivity index (χ0n) is 13.5. The molecule has 10 nitrogen and oxygen atoms in total. The highest BCUT2D eigenvalue weighted by molar-refractivity contribution is 5.82. The zero-order valence-corrected chi connectivity index (χ0v) is 13.5. The van der Waals surface area contributed by atoms with E-state index in [0.717, 1.165) is 25.7 Å². The number of nitrogens with two attached hydrogens (primary N) is 1. The highest BCUT2D eigenvalue weighted by atomic mass is 16.6. The first-order chi connectivity index (χ1) is 12.1. The number of nitrogens with zero attached hydrogens (tertiary/aromatic N) is 4. The van der Waals surface area contributed by atoms with Crippen molar-refractivity contribution in [3.63, 3.8) is 0 Å². The molecule has 136 valence electrons. The Morgan fingerprint density at radius 1 is 1.24 bits per heavy atom. The third-order valence-corrected chi connectivity index (χ3v) is 4.79. The van der Waals surface area contributed by atoms with Crippen LogP contribution in [0.5, 0.6) is 6.01 Å². The number of aromatic nitrogens is 4. The van der Waals surface area contributed by atoms with Crippen molar-refractivity contribution in [2.24, 2.45) is 0 Å². The molecule has 0 spiro atoms. The van der Waals surface area contributed by atoms with Crippen LogP contribution < -0.4 is 10.5 Å². The van der Waals surface area contributed by atoms with Crippen molar-refractivity contribution in [3.8, 4) is 6.01 Å². The minimum absolute atomic E-state index is 0.0714. The maximum atomic E-state index is 10.2. The Balaban J connectivity index is 1.68. The molecule has 4 rings (SSSR count). The van der Waals surface area contributed by atoms with Crippen molar-refractivity contribution in [1.82, 2.24) is 19.5 Å². The van der Waals surface area contributed by atoms with Crippen molar-refractivity contribution >= 4 is 17.0 Å². The van der Waals surface area contributed by atoms with E-state index in [2.05, 4.69) is 15.0 Å². The molecule has 2 aromatic rings. The highest BCUT2D eigenvalue weighted by Crippen LogP contribution is 2.33. The Morgan fingerprint density at radius 2 is 2.00 bits per heavy atom. The first-order valence-electron chi connectivity index (χ1n) is 8.37. The van der Waals surface area contributed by atoms with E-state index in [0.29, 0.717) is 11.2 Å². The van der Waals surface area contributed by atoms with Gasteiger partial charge in [-0.2, -0.15) is 9.97 Å². The lowest BCUT2D eigenvalue weighted by molar-refractivity contribution is -0.0511. The fraction of sp³-hybridized carbons (Fsp3) is 0.667. The van der Waals surface area contributed by atoms with Crippen LogP contribution in [0.3, 0.4) is 0 Å². The molecule has 0 bridgehead atoms. The van der Waals surface area contributed by atoms with Crippen molar-refractivity contribution < 1.29 is 24.8 Å². The van der Waals surface area contributed by atoms with Gasteiger partial charge in [0.05, 0.1) is 12.9 Å². The molecule has 0 unspecified atom stereocenters. The van der Waals surface area contributed by atoms with E-state index >= 15 is 0 Å². The molecule has 2 aliphatic rings. The third kappa shape index (κ3) is 2.80. The molecule has 10 heteroatoms. The van der Waals surface area contributed by atoms with Crippen LogP contribution in [0.2, 0.25) is 0 Å². The van der Waals surface area contributed by atoms with Gasteiger partial charge < -0.3 is 30.5 Å². The Labute approximate surface area is 143 Å². The van der Waals surface area contributed by atoms with Gasteiger partial charge in [0.25, 0.3) is 0 Å². The van der Waals surface area contributed by atoms with Gasteiger partial charge in [0.15, 0.2) is 23.2 Å². The predicted molar refractivity (Wildman–Crippen MR) is 85.6 cm³/mol. The third-order valence-electron chi connectivity index (χ3n) is 4.79. The number of aliphatic hydroxyl groups excluding tert-OH is 3. The molecule has 4 atom stereocenters. The van der Waals surface area contributed by atoms with Crippen LogP contribution in [0.4, 0.5) is 5.82 Å². The SMILES string of the molecule is Nc1nc(OC2CCCC2)nc2c1ncn2[C@H]1O[C@@H](CO)[C@H](O)[C@@H]1O. The number of hydrogen-bond acceptors (Lipinski definition) is 9. The molecule has 0 amide bonds. The van der Waals surface area contributed by atoms with Crippen LogP contribution >= 0.6 is 0 Å².